The molecule has 8 amide bonds. The lowest BCUT2D eigenvalue weighted by Gasteiger charge is -2.27. The van der Waals surface area contributed by atoms with Gasteiger partial charge in [0.25, 0.3) is 0 Å². The lowest BCUT2D eigenvalue weighted by molar-refractivity contribution is -0.143. The predicted octanol–water partition coefficient (Wildman–Crippen LogP) is -2.12. The van der Waals surface area contributed by atoms with Gasteiger partial charge in [-0.15, -0.1) is 0 Å². The van der Waals surface area contributed by atoms with Crippen LogP contribution in [0.4, 0.5) is 0 Å². The third-order valence-corrected chi connectivity index (χ3v) is 9.67. The van der Waals surface area contributed by atoms with Crippen LogP contribution in [0.25, 0.3) is 0 Å². The molecule has 0 aliphatic carbocycles. The van der Waals surface area contributed by atoms with Crippen LogP contribution in [0, 0.1) is 5.92 Å². The van der Waals surface area contributed by atoms with E-state index in [0.29, 0.717) is 11.1 Å². The number of carboxylic acids is 3. The third kappa shape index (κ3) is 17.5. The average molecular weight is 895 g/mol. The molecule has 22 heteroatoms. The van der Waals surface area contributed by atoms with E-state index in [1.54, 1.807) is 74.5 Å². The Bertz CT molecular complexity index is 2030. The molecule has 64 heavy (non-hydrogen) atoms. The minimum atomic E-state index is -1.94. The number of carbonyl (C=O) groups excluding carboxylic acids is 8. The van der Waals surface area contributed by atoms with Crippen molar-refractivity contribution in [3.63, 3.8) is 0 Å². The summed E-state index contributed by atoms with van der Waals surface area (Å²) in [5.74, 6) is -12.9. The maximum atomic E-state index is 13.9. The van der Waals surface area contributed by atoms with E-state index in [0.717, 1.165) is 0 Å². The van der Waals surface area contributed by atoms with Gasteiger partial charge in [0, 0.05) is 32.7 Å². The van der Waals surface area contributed by atoms with Gasteiger partial charge in [0.05, 0.1) is 12.8 Å². The third-order valence-electron chi connectivity index (χ3n) is 9.67. The van der Waals surface area contributed by atoms with Crippen molar-refractivity contribution in [1.82, 2.24) is 42.5 Å². The molecule has 1 aliphatic heterocycles. The standard InChI is InChI=1S/C42H54N8O14/c1-22(2)16-27-37(58)47-30(20-35(55)56)40(61)50-32(41(62)48-29(19-34(53)54)39(60)49-31(42(63)64)18-25-12-8-5-9-13-25)21-43-33(52)15-14-26(36(57)46-27)45-38(59)28(44-23(3)51)17-24-10-6-4-7-11-24/h4-13,22,26-32H,14-21H2,1-3H3,(H,43,52)(H,44,51)(H,45,59)(H,46,57)(H,47,58)(H,48,62)(H,49,60)(H,50,61)(H,53,54)(H,55,56)(H,63,64)/t26-,27-,28-,29-,30-,31-,32-/m0/s1. The second kappa shape index (κ2) is 24.9. The molecular weight excluding hydrogens is 841 g/mol. The van der Waals surface area contributed by atoms with Gasteiger partial charge in [-0.2, -0.15) is 0 Å². The highest BCUT2D eigenvalue weighted by molar-refractivity contribution is 5.99. The first-order valence-electron chi connectivity index (χ1n) is 20.3. The molecule has 2 aromatic carbocycles. The Morgan fingerprint density at radius 3 is 1.77 bits per heavy atom. The van der Waals surface area contributed by atoms with E-state index in [1.807, 2.05) is 0 Å². The van der Waals surface area contributed by atoms with Gasteiger partial charge < -0.3 is 57.9 Å². The molecule has 0 saturated carbocycles. The molecule has 346 valence electrons. The van der Waals surface area contributed by atoms with E-state index in [4.69, 9.17) is 0 Å². The van der Waals surface area contributed by atoms with Crippen LogP contribution in [0.2, 0.25) is 0 Å². The molecule has 1 aliphatic rings. The molecule has 1 fully saturated rings. The fourth-order valence-corrected chi connectivity index (χ4v) is 6.52. The topological polar surface area (TPSA) is 345 Å². The van der Waals surface area contributed by atoms with Crippen LogP contribution in [0.15, 0.2) is 60.7 Å². The molecule has 11 N–H and O–H groups in total. The molecule has 0 bridgehead atoms. The van der Waals surface area contributed by atoms with E-state index >= 15 is 0 Å². The monoisotopic (exact) mass is 894 g/mol. The van der Waals surface area contributed by atoms with Gasteiger partial charge in [0.15, 0.2) is 0 Å². The van der Waals surface area contributed by atoms with Crippen molar-refractivity contribution < 1.29 is 68.1 Å². The molecule has 1 saturated heterocycles. The number of carboxylic acid groups (broad SMARTS) is 3. The van der Waals surface area contributed by atoms with Crippen LogP contribution in [0.1, 0.15) is 64.0 Å². The molecule has 2 aromatic rings. The van der Waals surface area contributed by atoms with Crippen molar-refractivity contribution in [1.29, 1.82) is 0 Å². The molecule has 3 rings (SSSR count). The second-order valence-corrected chi connectivity index (χ2v) is 15.5. The lowest BCUT2D eigenvalue weighted by Crippen LogP contribution is -2.61. The number of hydrogen-bond acceptors (Lipinski definition) is 11. The molecule has 7 atom stereocenters. The molecule has 1 heterocycles. The SMILES string of the molecule is CC(=O)N[C@@H](Cc1ccccc1)C(=O)N[C@H]1CCC(=O)NC[C@@H](C(=O)N[C@@H](CC(=O)O)C(=O)N[C@@H](Cc2ccccc2)C(=O)O)NC(=O)[C@H](CC(=O)O)NC(=O)[C@H](CC(C)C)NC1=O. The first-order valence-corrected chi connectivity index (χ1v) is 20.3. The van der Waals surface area contributed by atoms with Crippen molar-refractivity contribution in [3.8, 4) is 0 Å². The van der Waals surface area contributed by atoms with E-state index < -0.39 is 140 Å². The highest BCUT2D eigenvalue weighted by Crippen LogP contribution is 2.11. The van der Waals surface area contributed by atoms with E-state index in [2.05, 4.69) is 42.5 Å². The van der Waals surface area contributed by atoms with Gasteiger partial charge >= 0.3 is 17.9 Å². The first-order chi connectivity index (χ1) is 30.2. The Balaban J connectivity index is 1.97. The Labute approximate surface area is 367 Å². The summed E-state index contributed by atoms with van der Waals surface area (Å²) in [7, 11) is 0. The summed E-state index contributed by atoms with van der Waals surface area (Å²) < 4.78 is 0. The maximum Gasteiger partial charge on any atom is 0.326 e. The summed E-state index contributed by atoms with van der Waals surface area (Å²) >= 11 is 0. The minimum Gasteiger partial charge on any atom is -0.481 e. The van der Waals surface area contributed by atoms with Crippen molar-refractivity contribution in [2.75, 3.05) is 6.54 Å². The molecule has 22 nitrogen and oxygen atoms in total. The van der Waals surface area contributed by atoms with Gasteiger partial charge in [0.1, 0.15) is 42.3 Å². The summed E-state index contributed by atoms with van der Waals surface area (Å²) in [4.78, 5) is 143. The van der Waals surface area contributed by atoms with Gasteiger partial charge in [-0.05, 0) is 29.9 Å². The first kappa shape index (κ1) is 51.0. The smallest absolute Gasteiger partial charge is 0.326 e. The predicted molar refractivity (Wildman–Crippen MR) is 223 cm³/mol. The summed E-state index contributed by atoms with van der Waals surface area (Å²) in [6, 6.07) is 5.31. The fourth-order valence-electron chi connectivity index (χ4n) is 6.52. The fraction of sp³-hybridized carbons (Fsp3) is 0.452. The van der Waals surface area contributed by atoms with Crippen molar-refractivity contribution in [3.05, 3.63) is 71.8 Å². The van der Waals surface area contributed by atoms with E-state index in [9.17, 15) is 68.1 Å². The summed E-state index contributed by atoms with van der Waals surface area (Å²) in [6.45, 7) is 3.81. The Morgan fingerprint density at radius 2 is 1.23 bits per heavy atom. The van der Waals surface area contributed by atoms with Gasteiger partial charge in [-0.1, -0.05) is 74.5 Å². The van der Waals surface area contributed by atoms with Crippen LogP contribution >= 0.6 is 0 Å². The molecule has 0 radical (unpaired) electrons. The van der Waals surface area contributed by atoms with Crippen molar-refractivity contribution >= 4 is 65.2 Å². The highest BCUT2D eigenvalue weighted by Gasteiger charge is 2.36. The largest absolute Gasteiger partial charge is 0.481 e. The molecule has 0 aromatic heterocycles. The number of amides is 8. The van der Waals surface area contributed by atoms with Crippen LogP contribution in [-0.2, 0) is 65.6 Å². The minimum absolute atomic E-state index is 0.0116. The Kier molecular flexibility index (Phi) is 19.8. The zero-order chi connectivity index (χ0) is 47.5. The van der Waals surface area contributed by atoms with Crippen LogP contribution in [-0.4, -0.2) is 129 Å². The average Bonchev–Trinajstić information content (AvgIpc) is 3.22. The molecular formula is C42H54N8O14. The maximum absolute atomic E-state index is 13.9. The van der Waals surface area contributed by atoms with Crippen LogP contribution in [0.5, 0.6) is 0 Å². The number of nitrogens with one attached hydrogen (secondary N) is 8. The molecule has 0 unspecified atom stereocenters. The highest BCUT2D eigenvalue weighted by atomic mass is 16.4. The van der Waals surface area contributed by atoms with Crippen molar-refractivity contribution in [2.24, 2.45) is 5.92 Å². The van der Waals surface area contributed by atoms with Crippen LogP contribution < -0.4 is 42.5 Å². The number of carbonyl (C=O) groups is 11. The Hall–Kier alpha value is -7.39. The van der Waals surface area contributed by atoms with Gasteiger partial charge in [-0.3, -0.25) is 47.9 Å². The van der Waals surface area contributed by atoms with E-state index in [1.165, 1.54) is 6.92 Å². The number of aliphatic carboxylic acids is 3. The van der Waals surface area contributed by atoms with Crippen LogP contribution in [0.3, 0.4) is 0 Å². The quantitative estimate of drug-likeness (QED) is 0.0763. The second-order valence-electron chi connectivity index (χ2n) is 15.5. The number of rotatable bonds is 18. The zero-order valence-electron chi connectivity index (χ0n) is 35.4. The zero-order valence-corrected chi connectivity index (χ0v) is 35.4. The number of hydrogen-bond donors (Lipinski definition) is 11. The summed E-state index contributed by atoms with van der Waals surface area (Å²) in [5, 5.41) is 47.9. The summed E-state index contributed by atoms with van der Waals surface area (Å²) in [5.41, 5.74) is 1.17. The van der Waals surface area contributed by atoms with Gasteiger partial charge in [0.2, 0.25) is 47.3 Å². The molecule has 0 spiro atoms. The van der Waals surface area contributed by atoms with Crippen molar-refractivity contribution in [2.45, 2.75) is 108 Å². The Morgan fingerprint density at radius 1 is 0.672 bits per heavy atom. The van der Waals surface area contributed by atoms with Gasteiger partial charge in [-0.25, -0.2) is 4.79 Å². The normalized spacial score (nSPS) is 19.9. The number of benzene rings is 2. The lowest BCUT2D eigenvalue weighted by atomic mass is 10.0. The summed E-state index contributed by atoms with van der Waals surface area (Å²) in [6.07, 6.45) is -3.31. The van der Waals surface area contributed by atoms with E-state index in [-0.39, 0.29) is 25.2 Å².